The van der Waals surface area contributed by atoms with E-state index in [1.807, 2.05) is 24.3 Å². The normalized spacial score (nSPS) is 17.1. The van der Waals surface area contributed by atoms with Crippen molar-refractivity contribution in [3.05, 3.63) is 29.8 Å². The van der Waals surface area contributed by atoms with E-state index >= 15 is 0 Å². The monoisotopic (exact) mass is 248 g/mol. The van der Waals surface area contributed by atoms with Crippen molar-refractivity contribution in [3.63, 3.8) is 0 Å². The Labute approximate surface area is 108 Å². The average Bonchev–Trinajstić information content (AvgIpc) is 2.80. The van der Waals surface area contributed by atoms with E-state index in [9.17, 15) is 4.79 Å². The Balaban J connectivity index is 1.77. The molecule has 0 spiro atoms. The zero-order valence-corrected chi connectivity index (χ0v) is 10.7. The fraction of sp³-hybridized carbons (Fsp3) is 0.500. The molecule has 1 atom stereocenters. The van der Waals surface area contributed by atoms with Crippen LogP contribution in [0.15, 0.2) is 24.3 Å². The van der Waals surface area contributed by atoms with Crippen molar-refractivity contribution in [1.82, 2.24) is 10.6 Å². The number of nitrogens with one attached hydrogen (secondary N) is 2. The van der Waals surface area contributed by atoms with Crippen LogP contribution in [0.3, 0.4) is 0 Å². The maximum absolute atomic E-state index is 11.6. The second-order valence-electron chi connectivity index (χ2n) is 4.49. The fourth-order valence-electron chi connectivity index (χ4n) is 2.01. The first-order valence-corrected chi connectivity index (χ1v) is 6.53. The van der Waals surface area contributed by atoms with Crippen molar-refractivity contribution in [1.29, 1.82) is 0 Å². The highest BCUT2D eigenvalue weighted by atomic mass is 16.5. The van der Waals surface area contributed by atoms with Crippen LogP contribution in [0.25, 0.3) is 0 Å². The topological polar surface area (TPSA) is 50.4 Å². The summed E-state index contributed by atoms with van der Waals surface area (Å²) in [6.07, 6.45) is 2.12. The van der Waals surface area contributed by atoms with Crippen LogP contribution in [0.5, 0.6) is 5.75 Å². The molecule has 2 rings (SSSR count). The lowest BCUT2D eigenvalue weighted by Gasteiger charge is -2.11. The van der Waals surface area contributed by atoms with E-state index in [0.29, 0.717) is 13.2 Å². The molecule has 0 radical (unpaired) electrons. The van der Waals surface area contributed by atoms with E-state index < -0.39 is 0 Å². The van der Waals surface area contributed by atoms with E-state index in [0.717, 1.165) is 30.7 Å². The summed E-state index contributed by atoms with van der Waals surface area (Å²) in [5.74, 6) is 0.967. The third kappa shape index (κ3) is 3.23. The second kappa shape index (κ2) is 6.40. The first kappa shape index (κ1) is 12.9. The lowest BCUT2D eigenvalue weighted by atomic mass is 10.1. The number of carbonyl (C=O) groups is 1. The molecule has 1 amide bonds. The molecule has 2 N–H and O–H groups in total. The van der Waals surface area contributed by atoms with Crippen LogP contribution in [0, 0.1) is 0 Å². The molecule has 4 heteroatoms. The van der Waals surface area contributed by atoms with Gasteiger partial charge in [-0.2, -0.15) is 0 Å². The molecular weight excluding hydrogens is 228 g/mol. The number of para-hydroxylation sites is 1. The standard InChI is InChI=1S/C14H20N2O2/c1-2-3-8-15-14(17)9-16-12-10-18-13-7-5-4-6-11(12)13/h4-7,12,16H,2-3,8-10H2,1H3,(H,15,17). The van der Waals surface area contributed by atoms with Crippen molar-refractivity contribution in [2.24, 2.45) is 0 Å². The third-order valence-corrected chi connectivity index (χ3v) is 3.06. The zero-order valence-electron chi connectivity index (χ0n) is 10.7. The Morgan fingerprint density at radius 2 is 2.28 bits per heavy atom. The summed E-state index contributed by atoms with van der Waals surface area (Å²) < 4.78 is 5.55. The van der Waals surface area contributed by atoms with Crippen LogP contribution in [-0.2, 0) is 4.79 Å². The molecule has 0 saturated carbocycles. The number of hydrogen-bond donors (Lipinski definition) is 2. The predicted octanol–water partition coefficient (Wildman–Crippen LogP) is 1.63. The maximum atomic E-state index is 11.6. The maximum Gasteiger partial charge on any atom is 0.233 e. The Bertz CT molecular complexity index is 407. The van der Waals surface area contributed by atoms with Gasteiger partial charge in [-0.25, -0.2) is 0 Å². The van der Waals surface area contributed by atoms with Crippen LogP contribution >= 0.6 is 0 Å². The van der Waals surface area contributed by atoms with Gasteiger partial charge in [0.1, 0.15) is 12.4 Å². The van der Waals surface area contributed by atoms with Crippen LogP contribution in [0.4, 0.5) is 0 Å². The second-order valence-corrected chi connectivity index (χ2v) is 4.49. The van der Waals surface area contributed by atoms with Gasteiger partial charge in [-0.05, 0) is 12.5 Å². The average molecular weight is 248 g/mol. The van der Waals surface area contributed by atoms with Gasteiger partial charge in [0.15, 0.2) is 0 Å². The van der Waals surface area contributed by atoms with Crippen LogP contribution < -0.4 is 15.4 Å². The summed E-state index contributed by atoms with van der Waals surface area (Å²) >= 11 is 0. The Hall–Kier alpha value is -1.55. The van der Waals surface area contributed by atoms with Gasteiger partial charge < -0.3 is 10.1 Å². The summed E-state index contributed by atoms with van der Waals surface area (Å²) in [5.41, 5.74) is 1.14. The number of benzene rings is 1. The SMILES string of the molecule is CCCCNC(=O)CNC1COc2ccccc21. The lowest BCUT2D eigenvalue weighted by Crippen LogP contribution is -2.36. The summed E-state index contributed by atoms with van der Waals surface area (Å²) in [5, 5.41) is 6.12. The lowest BCUT2D eigenvalue weighted by molar-refractivity contribution is -0.120. The van der Waals surface area contributed by atoms with Crippen molar-refractivity contribution in [2.75, 3.05) is 19.7 Å². The molecule has 1 unspecified atom stereocenters. The van der Waals surface area contributed by atoms with E-state index in [4.69, 9.17) is 4.74 Å². The molecule has 0 aliphatic carbocycles. The van der Waals surface area contributed by atoms with Crippen molar-refractivity contribution < 1.29 is 9.53 Å². The number of fused-ring (bicyclic) bond motifs is 1. The Morgan fingerprint density at radius 1 is 1.44 bits per heavy atom. The summed E-state index contributed by atoms with van der Waals surface area (Å²) in [7, 11) is 0. The zero-order chi connectivity index (χ0) is 12.8. The summed E-state index contributed by atoms with van der Waals surface area (Å²) in [4.78, 5) is 11.6. The molecule has 0 saturated heterocycles. The van der Waals surface area contributed by atoms with E-state index in [1.165, 1.54) is 0 Å². The minimum absolute atomic E-state index is 0.0489. The van der Waals surface area contributed by atoms with Crippen LogP contribution in [0.1, 0.15) is 31.4 Å². The fourth-order valence-corrected chi connectivity index (χ4v) is 2.01. The summed E-state index contributed by atoms with van der Waals surface area (Å²) in [6.45, 7) is 3.81. The molecule has 0 fully saturated rings. The Kier molecular flexibility index (Phi) is 4.59. The molecule has 1 aromatic carbocycles. The molecule has 18 heavy (non-hydrogen) atoms. The highest BCUT2D eigenvalue weighted by Gasteiger charge is 2.23. The predicted molar refractivity (Wildman–Crippen MR) is 70.6 cm³/mol. The number of unbranched alkanes of at least 4 members (excludes halogenated alkanes) is 1. The van der Waals surface area contributed by atoms with Crippen LogP contribution in [0.2, 0.25) is 0 Å². The number of carbonyl (C=O) groups excluding carboxylic acids is 1. The van der Waals surface area contributed by atoms with Gasteiger partial charge in [-0.1, -0.05) is 31.5 Å². The molecule has 1 aliphatic rings. The third-order valence-electron chi connectivity index (χ3n) is 3.06. The number of rotatable bonds is 6. The van der Waals surface area contributed by atoms with Gasteiger partial charge in [0.05, 0.1) is 12.6 Å². The molecule has 4 nitrogen and oxygen atoms in total. The van der Waals surface area contributed by atoms with E-state index in [1.54, 1.807) is 0 Å². The van der Waals surface area contributed by atoms with Crippen LogP contribution in [-0.4, -0.2) is 25.6 Å². The minimum atomic E-state index is 0.0489. The van der Waals surface area contributed by atoms with Crippen molar-refractivity contribution >= 4 is 5.91 Å². The van der Waals surface area contributed by atoms with Gasteiger partial charge in [0.2, 0.25) is 5.91 Å². The molecule has 1 heterocycles. The molecule has 1 aliphatic heterocycles. The highest BCUT2D eigenvalue weighted by molar-refractivity contribution is 5.78. The number of ether oxygens (including phenoxy) is 1. The Morgan fingerprint density at radius 3 is 3.11 bits per heavy atom. The van der Waals surface area contributed by atoms with E-state index in [2.05, 4.69) is 17.6 Å². The molecule has 0 bridgehead atoms. The van der Waals surface area contributed by atoms with Crippen molar-refractivity contribution in [3.8, 4) is 5.75 Å². The van der Waals surface area contributed by atoms with Gasteiger partial charge in [0.25, 0.3) is 0 Å². The van der Waals surface area contributed by atoms with Gasteiger partial charge in [-0.15, -0.1) is 0 Å². The summed E-state index contributed by atoms with van der Waals surface area (Å²) in [6, 6.07) is 8.06. The van der Waals surface area contributed by atoms with Gasteiger partial charge >= 0.3 is 0 Å². The first-order valence-electron chi connectivity index (χ1n) is 6.53. The molecule has 0 aromatic heterocycles. The smallest absolute Gasteiger partial charge is 0.233 e. The highest BCUT2D eigenvalue weighted by Crippen LogP contribution is 2.31. The molecular formula is C14H20N2O2. The number of amides is 1. The van der Waals surface area contributed by atoms with Gasteiger partial charge in [0, 0.05) is 12.1 Å². The number of hydrogen-bond acceptors (Lipinski definition) is 3. The quantitative estimate of drug-likeness (QED) is 0.752. The molecule has 98 valence electrons. The molecule has 1 aromatic rings. The minimum Gasteiger partial charge on any atom is -0.491 e. The largest absolute Gasteiger partial charge is 0.491 e. The first-order chi connectivity index (χ1) is 8.81. The van der Waals surface area contributed by atoms with E-state index in [-0.39, 0.29) is 11.9 Å². The van der Waals surface area contributed by atoms with Gasteiger partial charge in [-0.3, -0.25) is 10.1 Å². The van der Waals surface area contributed by atoms with Crippen molar-refractivity contribution in [2.45, 2.75) is 25.8 Å².